The monoisotopic (exact) mass is 576 g/mol. The van der Waals surface area contributed by atoms with Gasteiger partial charge in [0.25, 0.3) is 11.8 Å². The van der Waals surface area contributed by atoms with E-state index < -0.39 is 11.8 Å². The topological polar surface area (TPSA) is 88.2 Å². The minimum Gasteiger partial charge on any atom is -0.492 e. The van der Waals surface area contributed by atoms with Crippen molar-refractivity contribution in [3.63, 3.8) is 0 Å². The lowest BCUT2D eigenvalue weighted by Crippen LogP contribution is -2.43. The summed E-state index contributed by atoms with van der Waals surface area (Å²) in [5.41, 5.74) is 4.32. The molecule has 0 N–H and O–H groups in total. The first kappa shape index (κ1) is 28.6. The summed E-state index contributed by atoms with van der Waals surface area (Å²) in [5.74, 6) is -0.452. The van der Waals surface area contributed by atoms with Crippen molar-refractivity contribution < 1.29 is 14.3 Å². The quantitative estimate of drug-likeness (QED) is 0.161. The molecule has 0 aliphatic carbocycles. The lowest BCUT2D eigenvalue weighted by atomic mass is 9.93. The number of halogens is 1. The predicted octanol–water partition coefficient (Wildman–Crippen LogP) is 6.82. The van der Waals surface area contributed by atoms with Gasteiger partial charge in [-0.25, -0.2) is 4.68 Å². The zero-order valence-electron chi connectivity index (χ0n) is 23.4. The number of hydrogen-bond acceptors (Lipinski definition) is 5. The van der Waals surface area contributed by atoms with Crippen molar-refractivity contribution in [3.05, 3.63) is 118 Å². The highest BCUT2D eigenvalue weighted by atomic mass is 35.5. The highest BCUT2D eigenvalue weighted by molar-refractivity contribution is 6.32. The lowest BCUT2D eigenvalue weighted by molar-refractivity contribution is -0.140. The number of amides is 2. The number of ether oxygens (including phenoxy) is 1. The number of rotatable bonds is 9. The molecular weight excluding hydrogens is 548 g/mol. The average molecular weight is 577 g/mol. The molecule has 2 heterocycles. The number of imide groups is 1. The van der Waals surface area contributed by atoms with Crippen LogP contribution in [0.2, 0.25) is 5.02 Å². The van der Waals surface area contributed by atoms with Crippen LogP contribution in [0, 0.1) is 11.3 Å². The van der Waals surface area contributed by atoms with E-state index in [9.17, 15) is 14.9 Å². The van der Waals surface area contributed by atoms with E-state index in [1.807, 2.05) is 85.9 Å². The highest BCUT2D eigenvalue weighted by Gasteiger charge is 2.35. The first-order valence-corrected chi connectivity index (χ1v) is 14.1. The average Bonchev–Trinajstić information content (AvgIpc) is 3.44. The van der Waals surface area contributed by atoms with E-state index in [1.165, 1.54) is 0 Å². The van der Waals surface area contributed by atoms with Gasteiger partial charge in [-0.1, -0.05) is 67.1 Å². The summed E-state index contributed by atoms with van der Waals surface area (Å²) in [5, 5.41) is 15.2. The fourth-order valence-electron chi connectivity index (χ4n) is 4.78. The van der Waals surface area contributed by atoms with Crippen LogP contribution >= 0.6 is 11.6 Å². The van der Waals surface area contributed by atoms with Crippen LogP contribution in [0.1, 0.15) is 31.4 Å². The zero-order chi connectivity index (χ0) is 29.6. The maximum Gasteiger partial charge on any atom is 0.271 e. The van der Waals surface area contributed by atoms with Crippen LogP contribution in [0.5, 0.6) is 5.75 Å². The third-order valence-electron chi connectivity index (χ3n) is 7.02. The normalized spacial score (nSPS) is 14.4. The van der Waals surface area contributed by atoms with Crippen LogP contribution in [0.25, 0.3) is 23.0 Å². The van der Waals surface area contributed by atoms with Crippen molar-refractivity contribution in [1.29, 1.82) is 5.26 Å². The molecule has 210 valence electrons. The van der Waals surface area contributed by atoms with Crippen LogP contribution in [-0.2, 0) is 16.0 Å². The number of carbonyl (C=O) groups is 2. The Hall–Kier alpha value is -4.93. The molecule has 0 bridgehead atoms. The minimum atomic E-state index is -0.581. The van der Waals surface area contributed by atoms with Crippen molar-refractivity contribution in [2.75, 3.05) is 13.2 Å². The third kappa shape index (κ3) is 5.90. The Bertz CT molecular complexity index is 1730. The molecule has 2 amide bonds. The van der Waals surface area contributed by atoms with Crippen molar-refractivity contribution in [2.24, 2.45) is 0 Å². The van der Waals surface area contributed by atoms with E-state index in [0.717, 1.165) is 28.1 Å². The van der Waals surface area contributed by atoms with Gasteiger partial charge >= 0.3 is 0 Å². The van der Waals surface area contributed by atoms with E-state index >= 15 is 0 Å². The van der Waals surface area contributed by atoms with Crippen molar-refractivity contribution in [2.45, 2.75) is 26.7 Å². The van der Waals surface area contributed by atoms with Crippen molar-refractivity contribution >= 4 is 29.5 Å². The summed E-state index contributed by atoms with van der Waals surface area (Å²) < 4.78 is 7.47. The number of carbonyl (C=O) groups excluding carboxylic acids is 2. The number of nitriles is 1. The van der Waals surface area contributed by atoms with Gasteiger partial charge in [-0.3, -0.25) is 14.5 Å². The van der Waals surface area contributed by atoms with Crippen LogP contribution in [0.3, 0.4) is 0 Å². The van der Waals surface area contributed by atoms with E-state index in [2.05, 4.69) is 0 Å². The molecule has 5 rings (SSSR count). The Morgan fingerprint density at radius 3 is 2.38 bits per heavy atom. The van der Waals surface area contributed by atoms with E-state index in [4.69, 9.17) is 21.4 Å². The number of para-hydroxylation sites is 1. The Kier molecular flexibility index (Phi) is 8.66. The Morgan fingerprint density at radius 2 is 1.71 bits per heavy atom. The summed E-state index contributed by atoms with van der Waals surface area (Å²) in [4.78, 5) is 28.1. The second kappa shape index (κ2) is 12.7. The number of hydrogen-bond donors (Lipinski definition) is 0. The molecule has 0 spiro atoms. The largest absolute Gasteiger partial charge is 0.492 e. The fraction of sp³-hybridized carbons (Fsp3) is 0.176. The van der Waals surface area contributed by atoms with Gasteiger partial charge in [-0.15, -0.1) is 0 Å². The molecule has 0 saturated heterocycles. The molecule has 0 fully saturated rings. The summed E-state index contributed by atoms with van der Waals surface area (Å²) in [6.07, 6.45) is 4.86. The van der Waals surface area contributed by atoms with E-state index in [-0.39, 0.29) is 17.7 Å². The predicted molar refractivity (Wildman–Crippen MR) is 163 cm³/mol. The van der Waals surface area contributed by atoms with Crippen molar-refractivity contribution in [3.8, 4) is 28.8 Å². The standard InChI is InChI=1S/C34H29ClN4O3/c1-3-18-42-31-15-14-25(20-30(31)35)32-26(22-39(37-32)27-12-8-5-9-13-27)19-28-23(2)29(21-36)34(41)38(33(28)40)17-16-24-10-6-4-7-11-24/h4-15,19-20,22H,3,16-18H2,1-2H3/b28-19+. The SMILES string of the molecule is CCCOc1ccc(-c2nn(-c3ccccc3)cc2/C=C2/C(=O)N(CCc3ccccc3)C(=O)C(C#N)=C2C)cc1Cl. The molecule has 42 heavy (non-hydrogen) atoms. The van der Waals surface area contributed by atoms with E-state index in [1.54, 1.807) is 29.8 Å². The molecule has 3 aromatic carbocycles. The zero-order valence-corrected chi connectivity index (χ0v) is 24.1. The Balaban J connectivity index is 1.59. The molecule has 0 saturated carbocycles. The molecule has 0 unspecified atom stereocenters. The van der Waals surface area contributed by atoms with Gasteiger partial charge < -0.3 is 4.74 Å². The number of nitrogens with zero attached hydrogens (tertiary/aromatic N) is 4. The smallest absolute Gasteiger partial charge is 0.271 e. The minimum absolute atomic E-state index is 0.0496. The molecule has 1 aromatic heterocycles. The Labute approximate surface area is 249 Å². The molecule has 0 radical (unpaired) electrons. The first-order chi connectivity index (χ1) is 20.4. The lowest BCUT2D eigenvalue weighted by Gasteiger charge is -2.27. The van der Waals surface area contributed by atoms with Crippen LogP contribution in [-0.4, -0.2) is 39.6 Å². The van der Waals surface area contributed by atoms with Gasteiger partial charge in [-0.2, -0.15) is 10.4 Å². The fourth-order valence-corrected chi connectivity index (χ4v) is 5.02. The van der Waals surface area contributed by atoms with Crippen LogP contribution in [0.15, 0.2) is 102 Å². The molecule has 1 aliphatic rings. The van der Waals surface area contributed by atoms with Gasteiger partial charge in [0.1, 0.15) is 23.1 Å². The van der Waals surface area contributed by atoms with E-state index in [0.29, 0.717) is 40.6 Å². The van der Waals surface area contributed by atoms with Gasteiger partial charge in [0.05, 0.1) is 17.3 Å². The number of benzene rings is 3. The maximum absolute atomic E-state index is 13.8. The molecular formula is C34H29ClN4O3. The summed E-state index contributed by atoms with van der Waals surface area (Å²) in [6.45, 7) is 4.36. The second-order valence-electron chi connectivity index (χ2n) is 9.87. The Morgan fingerprint density at radius 1 is 1.00 bits per heavy atom. The highest BCUT2D eigenvalue weighted by Crippen LogP contribution is 2.34. The molecule has 8 heteroatoms. The van der Waals surface area contributed by atoms with Gasteiger partial charge in [0, 0.05) is 29.4 Å². The second-order valence-corrected chi connectivity index (χ2v) is 10.3. The van der Waals surface area contributed by atoms with Gasteiger partial charge in [-0.05, 0) is 67.3 Å². The van der Waals surface area contributed by atoms with Crippen LogP contribution in [0.4, 0.5) is 0 Å². The van der Waals surface area contributed by atoms with Gasteiger partial charge in [0.2, 0.25) is 0 Å². The molecule has 1 aliphatic heterocycles. The third-order valence-corrected chi connectivity index (χ3v) is 7.32. The summed E-state index contributed by atoms with van der Waals surface area (Å²) >= 11 is 6.57. The van der Waals surface area contributed by atoms with Crippen LogP contribution < -0.4 is 4.74 Å². The molecule has 0 atom stereocenters. The molecule has 4 aromatic rings. The van der Waals surface area contributed by atoms with Crippen molar-refractivity contribution in [1.82, 2.24) is 14.7 Å². The maximum atomic E-state index is 13.8. The van der Waals surface area contributed by atoms with Gasteiger partial charge in [0.15, 0.2) is 0 Å². The first-order valence-electron chi connectivity index (χ1n) is 13.7. The number of aromatic nitrogens is 2. The summed E-state index contributed by atoms with van der Waals surface area (Å²) in [7, 11) is 0. The summed E-state index contributed by atoms with van der Waals surface area (Å²) in [6, 6.07) is 26.7. The molecule has 7 nitrogen and oxygen atoms in total.